The monoisotopic (exact) mass is 278 g/mol. The van der Waals surface area contributed by atoms with E-state index >= 15 is 0 Å². The zero-order valence-electron chi connectivity index (χ0n) is 11.1. The van der Waals surface area contributed by atoms with Gasteiger partial charge in [0.1, 0.15) is 0 Å². The predicted molar refractivity (Wildman–Crippen MR) is 79.4 cm³/mol. The van der Waals surface area contributed by atoms with Gasteiger partial charge in [-0.05, 0) is 22.6 Å². The number of hydrogen-bond acceptors (Lipinski definition) is 1. The van der Waals surface area contributed by atoms with Gasteiger partial charge in [-0.3, -0.25) is 4.57 Å². The van der Waals surface area contributed by atoms with Crippen molar-refractivity contribution in [1.82, 2.24) is 0 Å². The van der Waals surface area contributed by atoms with Gasteiger partial charge in [0, 0.05) is 0 Å². The van der Waals surface area contributed by atoms with E-state index in [4.69, 9.17) is 14.4 Å². The minimum atomic E-state index is -3.13. The molecule has 2 rings (SSSR count). The van der Waals surface area contributed by atoms with Crippen LogP contribution in [0, 0.1) is 0 Å². The molecule has 0 radical (unpaired) electrons. The number of hydrogen-bond donors (Lipinski definition) is 2. The number of benzene rings is 2. The zero-order chi connectivity index (χ0) is 14.3. The van der Waals surface area contributed by atoms with Crippen molar-refractivity contribution < 1.29 is 14.4 Å². The molecule has 0 spiro atoms. The van der Waals surface area contributed by atoms with E-state index < -0.39 is 8.25 Å². The topological polar surface area (TPSA) is 57.5 Å². The summed E-state index contributed by atoms with van der Waals surface area (Å²) in [4.78, 5) is 14.3. The van der Waals surface area contributed by atoms with Crippen LogP contribution in [0.4, 0.5) is 0 Å². The van der Waals surface area contributed by atoms with Gasteiger partial charge in [0.25, 0.3) is 0 Å². The third-order valence-electron chi connectivity index (χ3n) is 2.67. The van der Waals surface area contributed by atoms with Gasteiger partial charge in [0.15, 0.2) is 0 Å². The van der Waals surface area contributed by atoms with E-state index in [-0.39, 0.29) is 0 Å². The molecule has 0 aliphatic heterocycles. The van der Waals surface area contributed by atoms with Crippen LogP contribution in [0.3, 0.4) is 0 Å². The van der Waals surface area contributed by atoms with Crippen LogP contribution in [0.5, 0.6) is 0 Å². The van der Waals surface area contributed by atoms with Crippen LogP contribution in [0.25, 0.3) is 11.1 Å². The first-order chi connectivity index (χ1) is 9.02. The normalized spacial score (nSPS) is 10.2. The van der Waals surface area contributed by atoms with E-state index in [9.17, 15) is 0 Å². The fourth-order valence-corrected chi connectivity index (χ4v) is 1.88. The first-order valence-electron chi connectivity index (χ1n) is 6.08. The molecule has 2 N–H and O–H groups in total. The maximum atomic E-state index is 8.74. The molecule has 0 unspecified atom stereocenters. The summed E-state index contributed by atoms with van der Waals surface area (Å²) in [5.41, 5.74) is 4.08. The highest BCUT2D eigenvalue weighted by molar-refractivity contribution is 7.30. The van der Waals surface area contributed by atoms with Crippen LogP contribution in [0.15, 0.2) is 54.6 Å². The number of rotatable bonds is 2. The maximum Gasteiger partial charge on any atom is 0.314 e. The molecule has 2 aromatic carbocycles. The molecule has 4 heteroatoms. The Morgan fingerprint density at radius 3 is 1.89 bits per heavy atom. The van der Waals surface area contributed by atoms with Gasteiger partial charge >= 0.3 is 8.25 Å². The van der Waals surface area contributed by atoms with E-state index in [1.54, 1.807) is 0 Å². The second kappa shape index (κ2) is 7.90. The molecule has 0 saturated carbocycles. The van der Waals surface area contributed by atoms with Crippen molar-refractivity contribution >= 4 is 8.25 Å². The summed E-state index contributed by atoms with van der Waals surface area (Å²) in [6, 6.07) is 19.2. The van der Waals surface area contributed by atoms with Crippen molar-refractivity contribution in [3.05, 3.63) is 60.2 Å². The minimum Gasteiger partial charge on any atom is -0.326 e. The fraction of sp³-hybridized carbons (Fsp3) is 0.200. The van der Waals surface area contributed by atoms with Crippen molar-refractivity contribution in [2.45, 2.75) is 19.8 Å². The fourth-order valence-electron chi connectivity index (χ4n) is 1.88. The average Bonchev–Trinajstić information content (AvgIpc) is 2.39. The molecular weight excluding hydrogens is 259 g/mol. The highest BCUT2D eigenvalue weighted by Gasteiger charge is 2.06. The molecule has 0 fully saturated rings. The quantitative estimate of drug-likeness (QED) is 0.821. The first kappa shape index (κ1) is 15.6. The molecule has 2 aromatic rings. The Morgan fingerprint density at radius 1 is 0.895 bits per heavy atom. The predicted octanol–water partition coefficient (Wildman–Crippen LogP) is 3.84. The van der Waals surface area contributed by atoms with Crippen molar-refractivity contribution in [3.8, 4) is 11.1 Å². The van der Waals surface area contributed by atoms with Crippen LogP contribution >= 0.6 is 8.25 Å². The molecule has 0 saturated heterocycles. The third kappa shape index (κ3) is 5.39. The van der Waals surface area contributed by atoms with Gasteiger partial charge < -0.3 is 9.79 Å². The highest BCUT2D eigenvalue weighted by Crippen LogP contribution is 2.28. The molecule has 0 atom stereocenters. The Labute approximate surface area is 114 Å². The first-order valence-corrected chi connectivity index (χ1v) is 7.39. The Hall–Kier alpha value is -1.41. The van der Waals surface area contributed by atoms with Crippen LogP contribution in [-0.4, -0.2) is 9.79 Å². The van der Waals surface area contributed by atoms with Gasteiger partial charge in [-0.2, -0.15) is 0 Å². The van der Waals surface area contributed by atoms with Crippen LogP contribution in [-0.2, 0) is 4.57 Å². The molecule has 0 heterocycles. The van der Waals surface area contributed by atoms with Crippen molar-refractivity contribution in [1.29, 1.82) is 0 Å². The SMILES string of the molecule is CC(C)c1ccccc1-c1ccccc1.O=[PH](O)O. The van der Waals surface area contributed by atoms with Gasteiger partial charge in [-0.25, -0.2) is 0 Å². The summed E-state index contributed by atoms with van der Waals surface area (Å²) in [6.07, 6.45) is 0. The molecule has 0 aliphatic rings. The maximum absolute atomic E-state index is 8.74. The lowest BCUT2D eigenvalue weighted by Gasteiger charge is -2.12. The van der Waals surface area contributed by atoms with E-state index in [1.165, 1.54) is 16.7 Å². The molecule has 0 aromatic heterocycles. The molecule has 3 nitrogen and oxygen atoms in total. The van der Waals surface area contributed by atoms with Crippen LogP contribution in [0.2, 0.25) is 0 Å². The van der Waals surface area contributed by atoms with E-state index in [0.717, 1.165) is 0 Å². The van der Waals surface area contributed by atoms with E-state index in [1.807, 2.05) is 0 Å². The van der Waals surface area contributed by atoms with Crippen molar-refractivity contribution in [2.75, 3.05) is 0 Å². The molecule has 102 valence electrons. The van der Waals surface area contributed by atoms with Gasteiger partial charge in [-0.15, -0.1) is 0 Å². The lowest BCUT2D eigenvalue weighted by atomic mass is 9.93. The lowest BCUT2D eigenvalue weighted by molar-refractivity contribution is 0.405. The van der Waals surface area contributed by atoms with Crippen LogP contribution < -0.4 is 0 Å². The van der Waals surface area contributed by atoms with E-state index in [0.29, 0.717) is 5.92 Å². The summed E-state index contributed by atoms with van der Waals surface area (Å²) in [7, 11) is -3.13. The van der Waals surface area contributed by atoms with Gasteiger partial charge in [0.05, 0.1) is 0 Å². The van der Waals surface area contributed by atoms with Crippen molar-refractivity contribution in [2.24, 2.45) is 0 Å². The van der Waals surface area contributed by atoms with Gasteiger partial charge in [0.2, 0.25) is 0 Å². The highest BCUT2D eigenvalue weighted by atomic mass is 31.1. The van der Waals surface area contributed by atoms with Crippen molar-refractivity contribution in [3.63, 3.8) is 0 Å². The Kier molecular flexibility index (Phi) is 6.51. The Bertz CT molecular complexity index is 520. The molecule has 0 aliphatic carbocycles. The Morgan fingerprint density at radius 2 is 1.37 bits per heavy atom. The molecule has 0 amide bonds. The van der Waals surface area contributed by atoms with Gasteiger partial charge in [-0.1, -0.05) is 68.4 Å². The molecular formula is C15H19O3P. The second-order valence-corrected chi connectivity index (χ2v) is 4.96. The zero-order valence-corrected chi connectivity index (χ0v) is 12.1. The summed E-state index contributed by atoms with van der Waals surface area (Å²) in [5.74, 6) is 0.571. The summed E-state index contributed by atoms with van der Waals surface area (Å²) in [6.45, 7) is 4.48. The van der Waals surface area contributed by atoms with E-state index in [2.05, 4.69) is 68.4 Å². The third-order valence-corrected chi connectivity index (χ3v) is 2.67. The second-order valence-electron chi connectivity index (χ2n) is 4.39. The van der Waals surface area contributed by atoms with Crippen LogP contribution in [0.1, 0.15) is 25.3 Å². The molecule has 19 heavy (non-hydrogen) atoms. The Balaban J connectivity index is 0.000000399. The summed E-state index contributed by atoms with van der Waals surface area (Å²) >= 11 is 0. The molecule has 0 bridgehead atoms. The largest absolute Gasteiger partial charge is 0.326 e. The smallest absolute Gasteiger partial charge is 0.314 e. The minimum absolute atomic E-state index is 0.571. The summed E-state index contributed by atoms with van der Waals surface area (Å²) < 4.78 is 8.74. The standard InChI is InChI=1S/C15H16.H3O3P/c1-12(2)14-10-6-7-11-15(14)13-8-4-3-5-9-13;1-4(2)3/h3-12H,1-2H3;4H,(H2,1,2,3). The summed E-state index contributed by atoms with van der Waals surface area (Å²) in [5, 5.41) is 0. The lowest BCUT2D eigenvalue weighted by Crippen LogP contribution is -1.91. The average molecular weight is 278 g/mol.